The van der Waals surface area contributed by atoms with Crippen molar-refractivity contribution in [1.29, 1.82) is 0 Å². The second-order valence-electron chi connectivity index (χ2n) is 3.67. The topological polar surface area (TPSA) is 20.3 Å². The molecule has 0 spiro atoms. The Morgan fingerprint density at radius 1 is 1.56 bits per heavy atom. The summed E-state index contributed by atoms with van der Waals surface area (Å²) in [6.07, 6.45) is 5.58. The van der Waals surface area contributed by atoms with Crippen molar-refractivity contribution in [2.75, 3.05) is 11.4 Å². The van der Waals surface area contributed by atoms with Gasteiger partial charge in [0.2, 0.25) is 5.91 Å². The number of carbonyl (C=O) groups excluding carboxylic acids is 1. The number of nitrogens with zero attached hydrogens (tertiary/aromatic N) is 1. The van der Waals surface area contributed by atoms with E-state index < -0.39 is 0 Å². The van der Waals surface area contributed by atoms with Crippen LogP contribution in [0.1, 0.15) is 6.42 Å². The van der Waals surface area contributed by atoms with E-state index in [1.807, 2.05) is 22.6 Å². The largest absolute Gasteiger partial charge is 0.308 e. The fraction of sp³-hybridized carbons (Fsp3) is 0.250. The third-order valence-electron chi connectivity index (χ3n) is 2.56. The van der Waals surface area contributed by atoms with Gasteiger partial charge in [-0.1, -0.05) is 0 Å². The average molecular weight is 329 g/mol. The molecule has 1 saturated heterocycles. The van der Waals surface area contributed by atoms with Crippen molar-refractivity contribution >= 4 is 34.2 Å². The lowest BCUT2D eigenvalue weighted by Gasteiger charge is -2.16. The van der Waals surface area contributed by atoms with Gasteiger partial charge >= 0.3 is 0 Å². The maximum atomic E-state index is 13.7. The second kappa shape index (κ2) is 4.42. The second-order valence-corrected chi connectivity index (χ2v) is 4.91. The summed E-state index contributed by atoms with van der Waals surface area (Å²) in [5.41, 5.74) is 0.322. The lowest BCUT2D eigenvalue weighted by atomic mass is 10.1. The lowest BCUT2D eigenvalue weighted by Crippen LogP contribution is -2.25. The van der Waals surface area contributed by atoms with Crippen LogP contribution in [0, 0.1) is 27.6 Å². The Labute approximate surface area is 107 Å². The molecule has 0 aromatic heterocycles. The van der Waals surface area contributed by atoms with Crippen LogP contribution in [0.5, 0.6) is 0 Å². The Bertz CT molecular complexity index is 480. The standard InChI is InChI=1S/C12H9FINO/c1-2-8-5-12(16)15(7-8)11-4-3-9(14)6-10(11)13/h1,3-4,6,8H,5,7H2. The summed E-state index contributed by atoms with van der Waals surface area (Å²) in [5.74, 6) is 1.95. The third kappa shape index (κ3) is 2.05. The van der Waals surface area contributed by atoms with Gasteiger partial charge in [-0.05, 0) is 40.8 Å². The Balaban J connectivity index is 2.32. The van der Waals surface area contributed by atoms with Gasteiger partial charge in [0.1, 0.15) is 5.82 Å². The summed E-state index contributed by atoms with van der Waals surface area (Å²) >= 11 is 2.03. The maximum Gasteiger partial charge on any atom is 0.228 e. The van der Waals surface area contributed by atoms with Gasteiger partial charge in [0, 0.05) is 22.5 Å². The Morgan fingerprint density at radius 3 is 2.88 bits per heavy atom. The van der Waals surface area contributed by atoms with Gasteiger partial charge in [0.15, 0.2) is 0 Å². The van der Waals surface area contributed by atoms with E-state index in [2.05, 4.69) is 5.92 Å². The number of amides is 1. The highest BCUT2D eigenvalue weighted by molar-refractivity contribution is 14.1. The van der Waals surface area contributed by atoms with Crippen molar-refractivity contribution in [1.82, 2.24) is 0 Å². The monoisotopic (exact) mass is 329 g/mol. The summed E-state index contributed by atoms with van der Waals surface area (Å²) < 4.78 is 14.5. The van der Waals surface area contributed by atoms with Crippen molar-refractivity contribution in [3.8, 4) is 12.3 Å². The van der Waals surface area contributed by atoms with Crippen LogP contribution in [0.2, 0.25) is 0 Å². The highest BCUT2D eigenvalue weighted by Crippen LogP contribution is 2.27. The molecule has 1 aromatic carbocycles. The molecule has 82 valence electrons. The number of anilines is 1. The van der Waals surface area contributed by atoms with Crippen LogP contribution in [-0.2, 0) is 4.79 Å². The average Bonchev–Trinajstić information content (AvgIpc) is 2.60. The molecule has 4 heteroatoms. The molecule has 0 radical (unpaired) electrons. The first-order valence-electron chi connectivity index (χ1n) is 4.83. The van der Waals surface area contributed by atoms with E-state index in [-0.39, 0.29) is 17.6 Å². The van der Waals surface area contributed by atoms with Gasteiger partial charge in [0.25, 0.3) is 0 Å². The van der Waals surface area contributed by atoms with E-state index in [0.29, 0.717) is 18.7 Å². The molecule has 1 aliphatic rings. The molecule has 1 aromatic rings. The first kappa shape index (κ1) is 11.4. The van der Waals surface area contributed by atoms with Gasteiger partial charge in [-0.3, -0.25) is 4.79 Å². The van der Waals surface area contributed by atoms with Crippen molar-refractivity contribution in [2.24, 2.45) is 5.92 Å². The number of carbonyl (C=O) groups is 1. The Kier molecular flexibility index (Phi) is 3.15. The van der Waals surface area contributed by atoms with Crippen LogP contribution in [0.4, 0.5) is 10.1 Å². The molecule has 0 aliphatic carbocycles. The molecule has 0 bridgehead atoms. The molecule has 1 amide bonds. The molecule has 1 unspecified atom stereocenters. The lowest BCUT2D eigenvalue weighted by molar-refractivity contribution is -0.117. The summed E-state index contributed by atoms with van der Waals surface area (Å²) in [4.78, 5) is 13.1. The summed E-state index contributed by atoms with van der Waals surface area (Å²) in [5, 5.41) is 0. The van der Waals surface area contributed by atoms with E-state index >= 15 is 0 Å². The van der Waals surface area contributed by atoms with E-state index in [1.54, 1.807) is 12.1 Å². The number of hydrogen-bond donors (Lipinski definition) is 0. The van der Waals surface area contributed by atoms with Crippen molar-refractivity contribution < 1.29 is 9.18 Å². The highest BCUT2D eigenvalue weighted by atomic mass is 127. The van der Waals surface area contributed by atoms with Gasteiger partial charge in [-0.25, -0.2) is 4.39 Å². The van der Waals surface area contributed by atoms with Crippen molar-refractivity contribution in [2.45, 2.75) is 6.42 Å². The smallest absolute Gasteiger partial charge is 0.228 e. The number of halogens is 2. The molecule has 1 fully saturated rings. The van der Waals surface area contributed by atoms with Crippen LogP contribution >= 0.6 is 22.6 Å². The number of benzene rings is 1. The zero-order valence-electron chi connectivity index (χ0n) is 8.41. The number of rotatable bonds is 1. The highest BCUT2D eigenvalue weighted by Gasteiger charge is 2.30. The molecule has 0 saturated carbocycles. The van der Waals surface area contributed by atoms with Gasteiger partial charge in [0.05, 0.1) is 5.69 Å². The Morgan fingerprint density at radius 2 is 2.31 bits per heavy atom. The first-order chi connectivity index (χ1) is 7.61. The van der Waals surface area contributed by atoms with Crippen molar-refractivity contribution in [3.63, 3.8) is 0 Å². The van der Waals surface area contributed by atoms with Crippen LogP contribution in [0.15, 0.2) is 18.2 Å². The molecule has 16 heavy (non-hydrogen) atoms. The van der Waals surface area contributed by atoms with E-state index in [0.717, 1.165) is 3.57 Å². The summed E-state index contributed by atoms with van der Waals surface area (Å²) in [6.45, 7) is 0.410. The predicted molar refractivity (Wildman–Crippen MR) is 68.4 cm³/mol. The molecule has 1 aliphatic heterocycles. The van der Waals surface area contributed by atoms with Gasteiger partial charge in [-0.2, -0.15) is 0 Å². The quantitative estimate of drug-likeness (QED) is 0.572. The van der Waals surface area contributed by atoms with Crippen LogP contribution in [0.3, 0.4) is 0 Å². The third-order valence-corrected chi connectivity index (χ3v) is 3.23. The number of terminal acetylenes is 1. The van der Waals surface area contributed by atoms with Crippen LogP contribution in [0.25, 0.3) is 0 Å². The fourth-order valence-electron chi connectivity index (χ4n) is 1.75. The van der Waals surface area contributed by atoms with E-state index in [4.69, 9.17) is 6.42 Å². The SMILES string of the molecule is C#CC1CC(=O)N(c2ccc(I)cc2F)C1. The zero-order valence-corrected chi connectivity index (χ0v) is 10.6. The zero-order chi connectivity index (χ0) is 11.7. The normalized spacial score (nSPS) is 19.9. The Hall–Kier alpha value is -1.09. The molecule has 1 heterocycles. The minimum atomic E-state index is -0.377. The van der Waals surface area contributed by atoms with Gasteiger partial charge < -0.3 is 4.90 Å². The van der Waals surface area contributed by atoms with Crippen molar-refractivity contribution in [3.05, 3.63) is 27.6 Å². The van der Waals surface area contributed by atoms with E-state index in [1.165, 1.54) is 11.0 Å². The number of hydrogen-bond acceptors (Lipinski definition) is 1. The molecule has 2 nitrogen and oxygen atoms in total. The molecule has 1 atom stereocenters. The molecule has 0 N–H and O–H groups in total. The fourth-order valence-corrected chi connectivity index (χ4v) is 2.21. The summed E-state index contributed by atoms with van der Waals surface area (Å²) in [6, 6.07) is 4.80. The van der Waals surface area contributed by atoms with Crippen LogP contribution < -0.4 is 4.90 Å². The predicted octanol–water partition coefficient (Wildman–Crippen LogP) is 2.42. The molecule has 2 rings (SSSR count). The first-order valence-corrected chi connectivity index (χ1v) is 5.91. The summed E-state index contributed by atoms with van der Waals surface area (Å²) in [7, 11) is 0. The van der Waals surface area contributed by atoms with Crippen LogP contribution in [-0.4, -0.2) is 12.5 Å². The minimum Gasteiger partial charge on any atom is -0.308 e. The molecular weight excluding hydrogens is 320 g/mol. The van der Waals surface area contributed by atoms with Gasteiger partial charge in [-0.15, -0.1) is 12.3 Å². The minimum absolute atomic E-state index is 0.105. The maximum absolute atomic E-state index is 13.7. The molecular formula is C12H9FINO. The van der Waals surface area contributed by atoms with E-state index in [9.17, 15) is 9.18 Å².